The van der Waals surface area contributed by atoms with Gasteiger partial charge in [0.25, 0.3) is 0 Å². The molecule has 5 heteroatoms. The molecule has 1 atom stereocenters. The third kappa shape index (κ3) is 12.8. The minimum absolute atomic E-state index is 0.127. The summed E-state index contributed by atoms with van der Waals surface area (Å²) >= 11 is 3.29. The summed E-state index contributed by atoms with van der Waals surface area (Å²) in [6, 6.07) is 0. The topological polar surface area (TPSA) is 52.6 Å². The van der Waals surface area contributed by atoms with Gasteiger partial charge in [0, 0.05) is 0 Å². The molecule has 0 saturated heterocycles. The van der Waals surface area contributed by atoms with E-state index in [1.807, 2.05) is 0 Å². The van der Waals surface area contributed by atoms with E-state index in [9.17, 15) is 9.59 Å². The van der Waals surface area contributed by atoms with Crippen molar-refractivity contribution in [1.82, 2.24) is 0 Å². The van der Waals surface area contributed by atoms with Crippen LogP contribution in [-0.4, -0.2) is 29.5 Å². The molecule has 0 N–H and O–H groups in total. The number of hydrogen-bond donors (Lipinski definition) is 0. The van der Waals surface area contributed by atoms with Gasteiger partial charge >= 0.3 is 11.9 Å². The van der Waals surface area contributed by atoms with Gasteiger partial charge in [0.05, 0.1) is 13.5 Å². The first-order chi connectivity index (χ1) is 11.3. The third-order valence-electron chi connectivity index (χ3n) is 4.01. The number of carbonyl (C=O) groups excluding carboxylic acids is 2. The predicted molar refractivity (Wildman–Crippen MR) is 101 cm³/mol. The van der Waals surface area contributed by atoms with Crippen molar-refractivity contribution in [3.63, 3.8) is 0 Å². The van der Waals surface area contributed by atoms with Gasteiger partial charge in [0.2, 0.25) is 0 Å². The van der Waals surface area contributed by atoms with Crippen LogP contribution in [0.4, 0.5) is 0 Å². The number of unbranched alkanes of at least 4 members (excludes halogenated alkanes) is 8. The van der Waals surface area contributed by atoms with Crippen LogP contribution in [0.1, 0.15) is 91.4 Å². The first kappa shape index (κ1) is 23.4. The number of rotatable bonds is 14. The maximum absolute atomic E-state index is 12.0. The number of halogens is 1. The number of esters is 2. The molecule has 24 heavy (non-hydrogen) atoms. The quantitative estimate of drug-likeness (QED) is 0.215. The van der Waals surface area contributed by atoms with Crippen LogP contribution in [0.15, 0.2) is 0 Å². The van der Waals surface area contributed by atoms with Gasteiger partial charge in [-0.3, -0.25) is 9.59 Å². The Labute approximate surface area is 156 Å². The molecule has 0 spiro atoms. The molecule has 0 fully saturated rings. The first-order valence-electron chi connectivity index (χ1n) is 9.28. The van der Waals surface area contributed by atoms with Crippen LogP contribution in [0.3, 0.4) is 0 Å². The van der Waals surface area contributed by atoms with E-state index in [1.165, 1.54) is 52.1 Å². The smallest absolute Gasteiger partial charge is 0.322 e. The van der Waals surface area contributed by atoms with E-state index in [0.717, 1.165) is 12.8 Å². The summed E-state index contributed by atoms with van der Waals surface area (Å²) in [5, 5.41) is 0. The first-order valence-corrected chi connectivity index (χ1v) is 10.1. The fraction of sp³-hybridized carbons (Fsp3) is 0.895. The summed E-state index contributed by atoms with van der Waals surface area (Å²) in [6.45, 7) is 5.71. The van der Waals surface area contributed by atoms with Crippen LogP contribution in [0.5, 0.6) is 0 Å². The highest BCUT2D eigenvalue weighted by atomic mass is 79.9. The van der Waals surface area contributed by atoms with Crippen molar-refractivity contribution in [1.29, 1.82) is 0 Å². The molecule has 0 bridgehead atoms. The van der Waals surface area contributed by atoms with Crippen LogP contribution >= 0.6 is 15.9 Å². The minimum Gasteiger partial charge on any atom is -0.469 e. The average molecular weight is 407 g/mol. The van der Waals surface area contributed by atoms with Gasteiger partial charge in [-0.05, 0) is 26.7 Å². The number of hydrogen-bond acceptors (Lipinski definition) is 4. The summed E-state index contributed by atoms with van der Waals surface area (Å²) in [5.74, 6) is -0.677. The molecule has 0 unspecified atom stereocenters. The molecule has 0 radical (unpaired) electrons. The van der Waals surface area contributed by atoms with Gasteiger partial charge in [0.1, 0.15) is 10.4 Å². The molecule has 0 aromatic heterocycles. The Morgan fingerprint density at radius 2 is 1.46 bits per heavy atom. The van der Waals surface area contributed by atoms with Crippen LogP contribution in [0, 0.1) is 0 Å². The van der Waals surface area contributed by atoms with Crippen LogP contribution in [0.25, 0.3) is 0 Å². The highest BCUT2D eigenvalue weighted by Gasteiger charge is 2.29. The summed E-state index contributed by atoms with van der Waals surface area (Å²) in [7, 11) is 1.36. The number of alkyl halides is 1. The van der Waals surface area contributed by atoms with Crippen LogP contribution < -0.4 is 0 Å². The van der Waals surface area contributed by atoms with Crippen molar-refractivity contribution in [3.8, 4) is 0 Å². The van der Waals surface area contributed by atoms with Crippen LogP contribution in [-0.2, 0) is 19.1 Å². The van der Waals surface area contributed by atoms with Crippen LogP contribution in [0.2, 0.25) is 0 Å². The zero-order valence-corrected chi connectivity index (χ0v) is 17.5. The molecule has 0 aromatic rings. The molecule has 0 aliphatic carbocycles. The van der Waals surface area contributed by atoms with Gasteiger partial charge in [-0.1, -0.05) is 74.2 Å². The van der Waals surface area contributed by atoms with E-state index < -0.39 is 10.4 Å². The average Bonchev–Trinajstić information content (AvgIpc) is 2.51. The van der Waals surface area contributed by atoms with E-state index in [-0.39, 0.29) is 18.4 Å². The Kier molecular flexibility index (Phi) is 13.4. The summed E-state index contributed by atoms with van der Waals surface area (Å²) < 4.78 is 9.43. The number of methoxy groups -OCH3 is 1. The van der Waals surface area contributed by atoms with Gasteiger partial charge in [-0.15, -0.1) is 0 Å². The third-order valence-corrected chi connectivity index (χ3v) is 4.33. The number of ether oxygens (including phenoxy) is 2. The van der Waals surface area contributed by atoms with E-state index in [0.29, 0.717) is 6.42 Å². The molecule has 4 nitrogen and oxygen atoms in total. The molecular formula is C19H35BrO4. The van der Waals surface area contributed by atoms with Crippen molar-refractivity contribution in [2.24, 2.45) is 0 Å². The van der Waals surface area contributed by atoms with E-state index in [4.69, 9.17) is 9.47 Å². The lowest BCUT2D eigenvalue weighted by Crippen LogP contribution is -2.32. The Hall–Kier alpha value is -0.580. The maximum Gasteiger partial charge on any atom is 0.322 e. The Morgan fingerprint density at radius 1 is 0.958 bits per heavy atom. The number of carbonyl (C=O) groups is 2. The Bertz CT molecular complexity index is 350. The lowest BCUT2D eigenvalue weighted by molar-refractivity contribution is -0.155. The normalized spacial score (nSPS) is 12.7. The second kappa shape index (κ2) is 13.7. The van der Waals surface area contributed by atoms with Crippen molar-refractivity contribution in [2.45, 2.75) is 102 Å². The van der Waals surface area contributed by atoms with Gasteiger partial charge in [0.15, 0.2) is 0 Å². The fourth-order valence-corrected chi connectivity index (χ4v) is 2.54. The lowest BCUT2D eigenvalue weighted by Gasteiger charge is -2.21. The standard InChI is InChI=1S/C19H35BrO4/c1-5-6-7-8-9-10-11-12-13-14-16(15-17(21)23-4)24-18(22)19(2,3)20/h16H,5-15H2,1-4H3/t16-/m1/s1. The molecule has 0 heterocycles. The summed E-state index contributed by atoms with van der Waals surface area (Å²) in [4.78, 5) is 23.5. The fourth-order valence-electron chi connectivity index (χ4n) is 2.45. The maximum atomic E-state index is 12.0. The molecular weight excluding hydrogens is 372 g/mol. The van der Waals surface area contributed by atoms with E-state index in [1.54, 1.807) is 13.8 Å². The lowest BCUT2D eigenvalue weighted by atomic mass is 10.0. The minimum atomic E-state index is -0.736. The summed E-state index contributed by atoms with van der Waals surface area (Å²) in [6.07, 6.45) is 11.6. The van der Waals surface area contributed by atoms with Crippen molar-refractivity contribution >= 4 is 27.9 Å². The molecule has 0 amide bonds. The largest absolute Gasteiger partial charge is 0.469 e. The van der Waals surface area contributed by atoms with Gasteiger partial charge in [-0.25, -0.2) is 0 Å². The monoisotopic (exact) mass is 406 g/mol. The van der Waals surface area contributed by atoms with Crippen molar-refractivity contribution in [2.75, 3.05) is 7.11 Å². The predicted octanol–water partition coefficient (Wildman–Crippen LogP) is 5.56. The van der Waals surface area contributed by atoms with E-state index >= 15 is 0 Å². The molecule has 0 saturated carbocycles. The molecule has 0 rings (SSSR count). The zero-order chi connectivity index (χ0) is 18.4. The van der Waals surface area contributed by atoms with Gasteiger partial charge in [-0.2, -0.15) is 0 Å². The molecule has 0 aliphatic heterocycles. The second-order valence-electron chi connectivity index (χ2n) is 6.90. The highest BCUT2D eigenvalue weighted by Crippen LogP contribution is 2.21. The molecule has 0 aliphatic rings. The van der Waals surface area contributed by atoms with Crippen molar-refractivity contribution < 1.29 is 19.1 Å². The van der Waals surface area contributed by atoms with E-state index in [2.05, 4.69) is 22.9 Å². The molecule has 142 valence electrons. The van der Waals surface area contributed by atoms with Gasteiger partial charge < -0.3 is 9.47 Å². The summed E-state index contributed by atoms with van der Waals surface area (Å²) in [5.41, 5.74) is 0. The second-order valence-corrected chi connectivity index (χ2v) is 8.88. The SMILES string of the molecule is CCCCCCCCCCC[C@H](CC(=O)OC)OC(=O)C(C)(C)Br. The molecule has 0 aromatic carbocycles. The highest BCUT2D eigenvalue weighted by molar-refractivity contribution is 9.10. The Balaban J connectivity index is 4.01. The zero-order valence-electron chi connectivity index (χ0n) is 15.9. The Morgan fingerprint density at radius 3 is 1.92 bits per heavy atom. The van der Waals surface area contributed by atoms with Crippen molar-refractivity contribution in [3.05, 3.63) is 0 Å².